The lowest BCUT2D eigenvalue weighted by Crippen LogP contribution is -2.32. The Morgan fingerprint density at radius 3 is 2.08 bits per heavy atom. The first-order valence-corrected chi connectivity index (χ1v) is 5.02. The van der Waals surface area contributed by atoms with Crippen LogP contribution < -0.4 is 0 Å². The van der Waals surface area contributed by atoms with Crippen LogP contribution in [-0.2, 0) is 4.79 Å². The van der Waals surface area contributed by atoms with Gasteiger partial charge < -0.3 is 4.79 Å². The number of carbonyl (C=O) groups excluding carboxylic acids is 1. The van der Waals surface area contributed by atoms with Crippen molar-refractivity contribution in [1.82, 2.24) is 0 Å². The van der Waals surface area contributed by atoms with Gasteiger partial charge in [0.25, 0.3) is 0 Å². The number of alkyl halides is 3. The summed E-state index contributed by atoms with van der Waals surface area (Å²) in [7, 11) is 0. The summed E-state index contributed by atoms with van der Waals surface area (Å²) in [5.41, 5.74) is -4.29. The number of halogens is 3. The van der Waals surface area contributed by atoms with Crippen molar-refractivity contribution in [3.63, 3.8) is 0 Å². The largest absolute Gasteiger partial charge is 0.442 e. The first-order valence-electron chi connectivity index (χ1n) is 4.21. The van der Waals surface area contributed by atoms with Crippen LogP contribution in [0.3, 0.4) is 0 Å². The van der Waals surface area contributed by atoms with Gasteiger partial charge in [0.1, 0.15) is 6.29 Å². The molecule has 1 aliphatic rings. The Bertz CT molecular complexity index is 184. The Morgan fingerprint density at radius 2 is 1.69 bits per heavy atom. The highest BCUT2D eigenvalue weighted by atomic mass is 32.2. The number of thioether (sulfide) groups is 1. The van der Waals surface area contributed by atoms with Crippen molar-refractivity contribution >= 4 is 18.0 Å². The Morgan fingerprint density at radius 1 is 1.15 bits per heavy atom. The fourth-order valence-corrected chi connectivity index (χ4v) is 2.63. The molecule has 1 rings (SSSR count). The van der Waals surface area contributed by atoms with Gasteiger partial charge in [-0.05, 0) is 24.6 Å². The van der Waals surface area contributed by atoms with Crippen LogP contribution in [0.5, 0.6) is 0 Å². The van der Waals surface area contributed by atoms with Gasteiger partial charge in [-0.1, -0.05) is 19.3 Å². The van der Waals surface area contributed by atoms with E-state index >= 15 is 0 Å². The maximum absolute atomic E-state index is 12.1. The average Bonchev–Trinajstić information content (AvgIpc) is 2.03. The fraction of sp³-hybridized carbons (Fsp3) is 0.875. The van der Waals surface area contributed by atoms with Gasteiger partial charge in [-0.2, -0.15) is 13.2 Å². The third kappa shape index (κ3) is 3.21. The second-order valence-electron chi connectivity index (χ2n) is 3.29. The topological polar surface area (TPSA) is 17.1 Å². The van der Waals surface area contributed by atoms with Crippen LogP contribution in [0.1, 0.15) is 32.1 Å². The molecule has 5 heteroatoms. The minimum absolute atomic E-state index is 0.143. The van der Waals surface area contributed by atoms with Crippen LogP contribution in [0.2, 0.25) is 0 Å². The summed E-state index contributed by atoms with van der Waals surface area (Å²) in [6, 6.07) is 0. The summed E-state index contributed by atoms with van der Waals surface area (Å²) in [5, 5.41) is 0. The number of hydrogen-bond donors (Lipinski definition) is 0. The highest BCUT2D eigenvalue weighted by Crippen LogP contribution is 2.46. The van der Waals surface area contributed by atoms with Crippen molar-refractivity contribution in [3.05, 3.63) is 0 Å². The van der Waals surface area contributed by atoms with Crippen LogP contribution in [0, 0.1) is 0 Å². The van der Waals surface area contributed by atoms with E-state index in [9.17, 15) is 18.0 Å². The van der Waals surface area contributed by atoms with Gasteiger partial charge >= 0.3 is 5.51 Å². The third-order valence-electron chi connectivity index (χ3n) is 2.23. The molecule has 0 aromatic heterocycles. The fourth-order valence-electron chi connectivity index (χ4n) is 1.62. The third-order valence-corrected chi connectivity index (χ3v) is 3.38. The summed E-state index contributed by atoms with van der Waals surface area (Å²) in [4.78, 5) is 10.6. The highest BCUT2D eigenvalue weighted by Gasteiger charge is 2.43. The molecule has 0 aliphatic heterocycles. The van der Waals surface area contributed by atoms with E-state index in [1.807, 2.05) is 0 Å². The van der Waals surface area contributed by atoms with Crippen molar-refractivity contribution in [2.45, 2.75) is 42.4 Å². The summed E-state index contributed by atoms with van der Waals surface area (Å²) in [6.45, 7) is 0. The predicted octanol–water partition coefficient (Wildman–Crippen LogP) is 3.14. The van der Waals surface area contributed by atoms with Gasteiger partial charge in [0.15, 0.2) is 0 Å². The zero-order valence-corrected chi connectivity index (χ0v) is 7.88. The first-order chi connectivity index (χ1) is 5.97. The van der Waals surface area contributed by atoms with Crippen LogP contribution >= 0.6 is 11.8 Å². The Labute approximate surface area is 79.1 Å². The van der Waals surface area contributed by atoms with E-state index in [0.29, 0.717) is 19.1 Å². The zero-order chi connectivity index (χ0) is 9.95. The van der Waals surface area contributed by atoms with E-state index in [1.165, 1.54) is 0 Å². The molecule has 1 saturated carbocycles. The van der Waals surface area contributed by atoms with Gasteiger partial charge in [-0.25, -0.2) is 0 Å². The SMILES string of the molecule is O=CC1(SC(F)(F)F)CCCCC1. The molecule has 0 radical (unpaired) electrons. The monoisotopic (exact) mass is 212 g/mol. The summed E-state index contributed by atoms with van der Waals surface area (Å²) in [6.07, 6.45) is 3.59. The molecular weight excluding hydrogens is 201 g/mol. The van der Waals surface area contributed by atoms with Gasteiger partial charge in [0.05, 0.1) is 4.75 Å². The van der Waals surface area contributed by atoms with E-state index < -0.39 is 10.3 Å². The van der Waals surface area contributed by atoms with Crippen molar-refractivity contribution in [3.8, 4) is 0 Å². The van der Waals surface area contributed by atoms with Crippen LogP contribution in [0.4, 0.5) is 13.2 Å². The van der Waals surface area contributed by atoms with Crippen molar-refractivity contribution in [1.29, 1.82) is 0 Å². The first kappa shape index (κ1) is 10.9. The summed E-state index contributed by atoms with van der Waals surface area (Å²) < 4.78 is 35.0. The van der Waals surface area contributed by atoms with Crippen molar-refractivity contribution < 1.29 is 18.0 Å². The zero-order valence-electron chi connectivity index (χ0n) is 7.06. The molecule has 0 atom stereocenters. The molecule has 1 nitrogen and oxygen atoms in total. The van der Waals surface area contributed by atoms with Gasteiger partial charge in [0, 0.05) is 0 Å². The smallest absolute Gasteiger partial charge is 0.302 e. The Kier molecular flexibility index (Phi) is 3.27. The molecule has 0 spiro atoms. The lowest BCUT2D eigenvalue weighted by molar-refractivity contribution is -0.111. The number of carbonyl (C=O) groups is 1. The lowest BCUT2D eigenvalue weighted by atomic mass is 9.89. The van der Waals surface area contributed by atoms with Crippen molar-refractivity contribution in [2.75, 3.05) is 0 Å². The van der Waals surface area contributed by atoms with E-state index in [0.717, 1.165) is 19.3 Å². The van der Waals surface area contributed by atoms with Gasteiger partial charge in [0.2, 0.25) is 0 Å². The minimum Gasteiger partial charge on any atom is -0.302 e. The molecule has 0 heterocycles. The highest BCUT2D eigenvalue weighted by molar-refractivity contribution is 8.02. The molecule has 0 N–H and O–H groups in total. The average molecular weight is 212 g/mol. The second-order valence-corrected chi connectivity index (χ2v) is 4.77. The molecule has 1 fully saturated rings. The quantitative estimate of drug-likeness (QED) is 0.654. The minimum atomic E-state index is -4.29. The molecule has 0 aromatic rings. The standard InChI is InChI=1S/C8H11F3OS/c9-8(10,11)13-7(6-12)4-2-1-3-5-7/h6H,1-5H2. The molecular formula is C8H11F3OS. The van der Waals surface area contributed by atoms with E-state index in [-0.39, 0.29) is 11.8 Å². The second kappa shape index (κ2) is 3.90. The van der Waals surface area contributed by atoms with Crippen molar-refractivity contribution in [2.24, 2.45) is 0 Å². The maximum atomic E-state index is 12.1. The van der Waals surface area contributed by atoms with Crippen LogP contribution in [0.25, 0.3) is 0 Å². The molecule has 0 bridgehead atoms. The molecule has 0 unspecified atom stereocenters. The molecule has 13 heavy (non-hydrogen) atoms. The van der Waals surface area contributed by atoms with Gasteiger partial charge in [-0.15, -0.1) is 0 Å². The normalized spacial score (nSPS) is 22.7. The number of hydrogen-bond acceptors (Lipinski definition) is 2. The molecule has 76 valence electrons. The van der Waals surface area contributed by atoms with E-state index in [1.54, 1.807) is 0 Å². The van der Waals surface area contributed by atoms with Gasteiger partial charge in [-0.3, -0.25) is 0 Å². The number of aldehydes is 1. The van der Waals surface area contributed by atoms with Crippen LogP contribution in [-0.4, -0.2) is 16.5 Å². The molecule has 0 saturated heterocycles. The van der Waals surface area contributed by atoms with Crippen LogP contribution in [0.15, 0.2) is 0 Å². The van der Waals surface area contributed by atoms with E-state index in [4.69, 9.17) is 0 Å². The lowest BCUT2D eigenvalue weighted by Gasteiger charge is -2.31. The Balaban J connectivity index is 2.63. The molecule has 0 aromatic carbocycles. The summed E-state index contributed by atoms with van der Waals surface area (Å²) >= 11 is -0.143. The maximum Gasteiger partial charge on any atom is 0.442 e. The Hall–Kier alpha value is -0.190. The molecule has 0 amide bonds. The summed E-state index contributed by atoms with van der Waals surface area (Å²) in [5.74, 6) is 0. The predicted molar refractivity (Wildman–Crippen MR) is 45.5 cm³/mol. The number of rotatable bonds is 2. The molecule has 1 aliphatic carbocycles. The van der Waals surface area contributed by atoms with E-state index in [2.05, 4.69) is 0 Å².